The van der Waals surface area contributed by atoms with Gasteiger partial charge in [0.25, 0.3) is 0 Å². The fourth-order valence-electron chi connectivity index (χ4n) is 4.38. The van der Waals surface area contributed by atoms with Crippen LogP contribution in [-0.4, -0.2) is 88.1 Å². The van der Waals surface area contributed by atoms with E-state index in [0.29, 0.717) is 45.9 Å². The Bertz CT molecular complexity index is 725. The maximum absolute atomic E-state index is 13.0. The van der Waals surface area contributed by atoms with E-state index >= 15 is 0 Å². The van der Waals surface area contributed by atoms with Gasteiger partial charge in [-0.15, -0.1) is 0 Å². The van der Waals surface area contributed by atoms with Gasteiger partial charge < -0.3 is 19.7 Å². The molecule has 0 radical (unpaired) electrons. The summed E-state index contributed by atoms with van der Waals surface area (Å²) in [6.07, 6.45) is -2.42. The van der Waals surface area contributed by atoms with Crippen molar-refractivity contribution in [3.63, 3.8) is 0 Å². The molecule has 31 heavy (non-hydrogen) atoms. The molecule has 0 aromatic heterocycles. The lowest BCUT2D eigenvalue weighted by Crippen LogP contribution is -2.57. The van der Waals surface area contributed by atoms with E-state index in [9.17, 15) is 13.2 Å². The summed E-state index contributed by atoms with van der Waals surface area (Å²) < 4.78 is 50.0. The van der Waals surface area contributed by atoms with Crippen LogP contribution in [0.4, 0.5) is 13.2 Å². The number of alkyl halides is 3. The molecule has 0 spiro atoms. The Hall–Kier alpha value is -2.00. The van der Waals surface area contributed by atoms with E-state index in [0.717, 1.165) is 24.6 Å². The lowest BCUT2D eigenvalue weighted by molar-refractivity contribution is -0.181. The lowest BCUT2D eigenvalue weighted by Gasteiger charge is -2.42. The van der Waals surface area contributed by atoms with E-state index in [1.54, 1.807) is 14.2 Å². The number of nitrogens with one attached hydrogen (secondary N) is 1. The molecule has 6 nitrogen and oxygen atoms in total. The van der Waals surface area contributed by atoms with E-state index < -0.39 is 12.2 Å². The van der Waals surface area contributed by atoms with Crippen molar-refractivity contribution in [2.45, 2.75) is 37.4 Å². The minimum Gasteiger partial charge on any atom is -0.497 e. The quantitative estimate of drug-likeness (QED) is 0.561. The maximum atomic E-state index is 13.0. The first-order valence-corrected chi connectivity index (χ1v) is 10.8. The van der Waals surface area contributed by atoms with Crippen molar-refractivity contribution < 1.29 is 22.6 Å². The Kier molecular flexibility index (Phi) is 7.69. The Balaban J connectivity index is 1.64. The smallest absolute Gasteiger partial charge is 0.403 e. The highest BCUT2D eigenvalue weighted by Gasteiger charge is 2.41. The van der Waals surface area contributed by atoms with Crippen LogP contribution >= 0.6 is 0 Å². The SMILES string of the molecule is CN=C(NCC1(c2ccc(OC)cc2)CCOCC1)N1CCN(C(C)C(F)(F)F)CC1. The van der Waals surface area contributed by atoms with Crippen molar-refractivity contribution >= 4 is 5.96 Å². The van der Waals surface area contributed by atoms with Crippen LogP contribution in [-0.2, 0) is 10.2 Å². The zero-order valence-electron chi connectivity index (χ0n) is 18.5. The Morgan fingerprint density at radius 3 is 2.29 bits per heavy atom. The summed E-state index contributed by atoms with van der Waals surface area (Å²) >= 11 is 0. The third-order valence-electron chi connectivity index (χ3n) is 6.58. The molecule has 0 bridgehead atoms. The maximum Gasteiger partial charge on any atom is 0.403 e. The minimum atomic E-state index is -4.20. The highest BCUT2D eigenvalue weighted by molar-refractivity contribution is 5.80. The summed E-state index contributed by atoms with van der Waals surface area (Å²) in [6.45, 7) is 5.05. The number of methoxy groups -OCH3 is 1. The second-order valence-electron chi connectivity index (χ2n) is 8.26. The first-order chi connectivity index (χ1) is 14.8. The number of guanidine groups is 1. The zero-order valence-corrected chi connectivity index (χ0v) is 18.5. The van der Waals surface area contributed by atoms with Crippen molar-refractivity contribution in [3.8, 4) is 5.75 Å². The molecule has 2 fully saturated rings. The van der Waals surface area contributed by atoms with Crippen LogP contribution < -0.4 is 10.1 Å². The highest BCUT2D eigenvalue weighted by atomic mass is 19.4. The molecule has 9 heteroatoms. The summed E-state index contributed by atoms with van der Waals surface area (Å²) in [4.78, 5) is 7.94. The van der Waals surface area contributed by atoms with Gasteiger partial charge in [0.05, 0.1) is 7.11 Å². The van der Waals surface area contributed by atoms with Gasteiger partial charge in [-0.3, -0.25) is 9.89 Å². The number of rotatable bonds is 5. The molecule has 0 amide bonds. The molecule has 3 rings (SSSR count). The van der Waals surface area contributed by atoms with Crippen LogP contribution in [0.15, 0.2) is 29.3 Å². The van der Waals surface area contributed by atoms with Crippen LogP contribution in [0.3, 0.4) is 0 Å². The van der Waals surface area contributed by atoms with Crippen LogP contribution in [0.5, 0.6) is 5.75 Å². The molecule has 1 aromatic carbocycles. The van der Waals surface area contributed by atoms with E-state index in [-0.39, 0.29) is 5.41 Å². The number of ether oxygens (including phenoxy) is 2. The third-order valence-corrected chi connectivity index (χ3v) is 6.58. The molecule has 174 valence electrons. The molecule has 1 aromatic rings. The van der Waals surface area contributed by atoms with Crippen LogP contribution in [0.1, 0.15) is 25.3 Å². The first kappa shape index (κ1) is 23.7. The number of piperazine rings is 1. The van der Waals surface area contributed by atoms with E-state index in [4.69, 9.17) is 9.47 Å². The molecule has 2 aliphatic heterocycles. The van der Waals surface area contributed by atoms with Gasteiger partial charge in [0.2, 0.25) is 0 Å². The molecule has 2 heterocycles. The molecular weight excluding hydrogens is 409 g/mol. The summed E-state index contributed by atoms with van der Waals surface area (Å²) in [7, 11) is 3.37. The molecular formula is C22H33F3N4O2. The number of hydrogen-bond donors (Lipinski definition) is 1. The van der Waals surface area contributed by atoms with Gasteiger partial charge in [-0.05, 0) is 37.5 Å². The predicted octanol–water partition coefficient (Wildman–Crippen LogP) is 2.89. The van der Waals surface area contributed by atoms with Gasteiger partial charge in [-0.2, -0.15) is 13.2 Å². The van der Waals surface area contributed by atoms with Crippen molar-refractivity contribution in [2.24, 2.45) is 4.99 Å². The summed E-state index contributed by atoms with van der Waals surface area (Å²) in [6, 6.07) is 6.73. The number of halogens is 3. The van der Waals surface area contributed by atoms with Crippen molar-refractivity contribution in [2.75, 3.05) is 60.1 Å². The van der Waals surface area contributed by atoms with Crippen LogP contribution in [0.2, 0.25) is 0 Å². The van der Waals surface area contributed by atoms with Gasteiger partial charge in [-0.1, -0.05) is 12.1 Å². The van der Waals surface area contributed by atoms with Crippen molar-refractivity contribution in [1.82, 2.24) is 15.1 Å². The number of hydrogen-bond acceptors (Lipinski definition) is 4. The Labute approximate surface area is 182 Å². The largest absolute Gasteiger partial charge is 0.497 e. The zero-order chi connectivity index (χ0) is 22.5. The van der Waals surface area contributed by atoms with Gasteiger partial charge in [0, 0.05) is 58.4 Å². The average molecular weight is 443 g/mol. The van der Waals surface area contributed by atoms with E-state index in [1.807, 2.05) is 17.0 Å². The second kappa shape index (κ2) is 10.1. The second-order valence-corrected chi connectivity index (χ2v) is 8.26. The standard InChI is InChI=1S/C22H33F3N4O2/c1-17(22(23,24)25)28-10-12-29(13-11-28)20(26-2)27-16-21(8-14-31-15-9-21)18-4-6-19(30-3)7-5-18/h4-7,17H,8-16H2,1-3H3,(H,26,27). The molecule has 2 aliphatic rings. The van der Waals surface area contributed by atoms with Gasteiger partial charge in [0.15, 0.2) is 5.96 Å². The van der Waals surface area contributed by atoms with Crippen molar-refractivity contribution in [3.05, 3.63) is 29.8 Å². The highest BCUT2D eigenvalue weighted by Crippen LogP contribution is 2.35. The number of nitrogens with zero attached hydrogens (tertiary/aromatic N) is 3. The normalized spacial score (nSPS) is 21.6. The lowest BCUT2D eigenvalue weighted by atomic mass is 9.74. The fourth-order valence-corrected chi connectivity index (χ4v) is 4.38. The molecule has 1 N–H and O–H groups in total. The summed E-state index contributed by atoms with van der Waals surface area (Å²) in [5.74, 6) is 1.55. The third kappa shape index (κ3) is 5.63. The molecule has 0 aliphatic carbocycles. The minimum absolute atomic E-state index is 0.0902. The van der Waals surface area contributed by atoms with E-state index in [2.05, 4.69) is 22.4 Å². The number of benzene rings is 1. The van der Waals surface area contributed by atoms with Crippen molar-refractivity contribution in [1.29, 1.82) is 0 Å². The predicted molar refractivity (Wildman–Crippen MR) is 115 cm³/mol. The van der Waals surface area contributed by atoms with E-state index in [1.165, 1.54) is 17.4 Å². The fraction of sp³-hybridized carbons (Fsp3) is 0.682. The molecule has 1 atom stereocenters. The monoisotopic (exact) mass is 442 g/mol. The van der Waals surface area contributed by atoms with Crippen LogP contribution in [0, 0.1) is 0 Å². The Morgan fingerprint density at radius 2 is 1.77 bits per heavy atom. The summed E-state index contributed by atoms with van der Waals surface area (Å²) in [5, 5.41) is 3.50. The first-order valence-electron chi connectivity index (χ1n) is 10.8. The summed E-state index contributed by atoms with van der Waals surface area (Å²) in [5.41, 5.74) is 1.14. The molecule has 1 unspecified atom stereocenters. The Morgan fingerprint density at radius 1 is 1.16 bits per heavy atom. The van der Waals surface area contributed by atoms with Gasteiger partial charge in [0.1, 0.15) is 11.8 Å². The van der Waals surface area contributed by atoms with Gasteiger partial charge >= 0.3 is 6.18 Å². The average Bonchev–Trinajstić information content (AvgIpc) is 2.79. The van der Waals surface area contributed by atoms with Crippen LogP contribution in [0.25, 0.3) is 0 Å². The number of aliphatic imine (C=N–C) groups is 1. The molecule has 2 saturated heterocycles. The van der Waals surface area contributed by atoms with Gasteiger partial charge in [-0.25, -0.2) is 0 Å². The molecule has 0 saturated carbocycles. The topological polar surface area (TPSA) is 49.3 Å².